The summed E-state index contributed by atoms with van der Waals surface area (Å²) in [5.74, 6) is -0.881. The lowest BCUT2D eigenvalue weighted by Gasteiger charge is -2.48. The Balaban J connectivity index is 1.36. The van der Waals surface area contributed by atoms with Gasteiger partial charge >= 0.3 is 17.6 Å². The van der Waals surface area contributed by atoms with Gasteiger partial charge in [-0.2, -0.15) is 0 Å². The van der Waals surface area contributed by atoms with Gasteiger partial charge in [-0.3, -0.25) is 4.79 Å². The molecule has 1 aliphatic carbocycles. The number of ether oxygens (including phenoxy) is 4. The lowest BCUT2D eigenvalue weighted by atomic mass is 9.76. The third-order valence-corrected chi connectivity index (χ3v) is 12.5. The fraction of sp³-hybridized carbons (Fsp3) is 0.479. The highest BCUT2D eigenvalue weighted by atomic mass is 16.6. The highest BCUT2D eigenvalue weighted by Gasteiger charge is 2.57. The molecule has 0 radical (unpaired) electrons. The van der Waals surface area contributed by atoms with Crippen LogP contribution in [-0.2, 0) is 43.1 Å². The van der Waals surface area contributed by atoms with Crippen LogP contribution >= 0.6 is 0 Å². The van der Waals surface area contributed by atoms with E-state index in [1.807, 2.05) is 51.1 Å². The summed E-state index contributed by atoms with van der Waals surface area (Å²) in [6.45, 7) is 5.91. The molecule has 8 rings (SSSR count). The van der Waals surface area contributed by atoms with Crippen LogP contribution in [0, 0.1) is 11.8 Å². The lowest BCUT2D eigenvalue weighted by molar-refractivity contribution is -0.199. The summed E-state index contributed by atoms with van der Waals surface area (Å²) in [4.78, 5) is 42.9. The Morgan fingerprint density at radius 1 is 0.912 bits per heavy atom. The Bertz CT molecular complexity index is 2120. The van der Waals surface area contributed by atoms with E-state index in [1.54, 1.807) is 13.2 Å². The zero-order chi connectivity index (χ0) is 40.1. The number of hydrogen-bond acceptors (Lipinski definition) is 9. The molecule has 1 N–H and O–H groups in total. The maximum atomic E-state index is 14.6. The van der Waals surface area contributed by atoms with Crippen molar-refractivity contribution in [2.24, 2.45) is 11.8 Å². The molecule has 4 heterocycles. The first-order valence-corrected chi connectivity index (χ1v) is 20.7. The predicted molar refractivity (Wildman–Crippen MR) is 218 cm³/mol. The zero-order valence-corrected chi connectivity index (χ0v) is 33.7. The number of fused-ring (bicyclic) bond motifs is 13. The quantitative estimate of drug-likeness (QED) is 0.101. The number of benzene rings is 3. The van der Waals surface area contributed by atoms with Gasteiger partial charge in [0.15, 0.2) is 12.2 Å². The first kappa shape index (κ1) is 40.5. The van der Waals surface area contributed by atoms with Crippen molar-refractivity contribution in [3.63, 3.8) is 0 Å². The van der Waals surface area contributed by atoms with Crippen molar-refractivity contribution in [2.45, 2.75) is 115 Å². The second kappa shape index (κ2) is 17.8. The minimum atomic E-state index is -1.12. The molecule has 3 aliphatic heterocycles. The number of esters is 2. The molecule has 9 nitrogen and oxygen atoms in total. The average Bonchev–Trinajstić information content (AvgIpc) is 3.75. The van der Waals surface area contributed by atoms with E-state index >= 15 is 0 Å². The molecule has 0 unspecified atom stereocenters. The van der Waals surface area contributed by atoms with Gasteiger partial charge in [0.05, 0.1) is 12.2 Å². The highest BCUT2D eigenvalue weighted by Crippen LogP contribution is 2.52. The van der Waals surface area contributed by atoms with Crippen LogP contribution in [0.2, 0.25) is 0 Å². The molecule has 302 valence electrons. The highest BCUT2D eigenvalue weighted by molar-refractivity contribution is 5.90. The minimum absolute atomic E-state index is 0.0142. The maximum absolute atomic E-state index is 14.6. The summed E-state index contributed by atoms with van der Waals surface area (Å²) in [6.07, 6.45) is 5.45. The van der Waals surface area contributed by atoms with E-state index in [4.69, 9.17) is 23.4 Å². The Morgan fingerprint density at radius 3 is 2.35 bits per heavy atom. The molecule has 57 heavy (non-hydrogen) atoms. The third kappa shape index (κ3) is 8.90. The number of carbonyl (C=O) groups excluding carboxylic acids is 2. The van der Waals surface area contributed by atoms with Crippen molar-refractivity contribution in [3.05, 3.63) is 122 Å². The summed E-state index contributed by atoms with van der Waals surface area (Å²) in [7, 11) is 1.55. The molecule has 3 aromatic carbocycles. The number of rotatable bonds is 9. The van der Waals surface area contributed by atoms with E-state index in [-0.39, 0.29) is 43.0 Å². The minimum Gasteiger partial charge on any atom is -0.483 e. The molecule has 1 aromatic heterocycles. The summed E-state index contributed by atoms with van der Waals surface area (Å²) < 4.78 is 31.9. The van der Waals surface area contributed by atoms with Crippen molar-refractivity contribution < 1.29 is 38.1 Å². The van der Waals surface area contributed by atoms with Gasteiger partial charge in [0.2, 0.25) is 0 Å². The number of aryl methyl sites for hydroxylation is 2. The molecule has 4 aliphatic rings. The van der Waals surface area contributed by atoms with Gasteiger partial charge in [0.25, 0.3) is 0 Å². The van der Waals surface area contributed by atoms with Gasteiger partial charge in [-0.25, -0.2) is 9.59 Å². The normalized spacial score (nSPS) is 23.7. The average molecular weight is 777 g/mol. The van der Waals surface area contributed by atoms with E-state index in [0.29, 0.717) is 53.5 Å². The van der Waals surface area contributed by atoms with Crippen LogP contribution in [0.25, 0.3) is 11.0 Å². The van der Waals surface area contributed by atoms with Gasteiger partial charge in [-0.15, -0.1) is 0 Å². The second-order valence-corrected chi connectivity index (χ2v) is 16.6. The molecular weight excluding hydrogens is 721 g/mol. The molecular formula is C48H56O9. The number of aliphatic hydroxyl groups excluding tert-OH is 1. The maximum Gasteiger partial charge on any atom is 0.339 e. The van der Waals surface area contributed by atoms with Crippen LogP contribution in [-0.4, -0.2) is 49.1 Å². The van der Waals surface area contributed by atoms with Crippen LogP contribution in [0.4, 0.5) is 0 Å². The zero-order valence-electron chi connectivity index (χ0n) is 33.7. The molecule has 9 heteroatoms. The Kier molecular flexibility index (Phi) is 12.7. The van der Waals surface area contributed by atoms with Crippen LogP contribution in [0.5, 0.6) is 5.75 Å². The number of carbonyl (C=O) groups is 2. The monoisotopic (exact) mass is 776 g/mol. The van der Waals surface area contributed by atoms with Crippen molar-refractivity contribution in [2.75, 3.05) is 20.3 Å². The summed E-state index contributed by atoms with van der Waals surface area (Å²) in [5, 5.41) is 10.4. The SMILES string of the molecule is COC[C@@H](CCO)c1cc2ccc3c(c2oc1=O)[C@@H]1OC(=O)C[C@H](CCc2ccccc2)Cc2ccc(cc2)CCC(=C(C)C)C(=O)O[C@@H]1[C@](C)(C1CCCC1)O3. The van der Waals surface area contributed by atoms with Gasteiger partial charge in [0.1, 0.15) is 16.9 Å². The molecule has 0 amide bonds. The fourth-order valence-corrected chi connectivity index (χ4v) is 9.30. The molecule has 4 aromatic rings. The largest absolute Gasteiger partial charge is 0.483 e. The first-order chi connectivity index (χ1) is 27.6. The van der Waals surface area contributed by atoms with Gasteiger partial charge in [0, 0.05) is 48.5 Å². The molecule has 5 atom stereocenters. The van der Waals surface area contributed by atoms with Gasteiger partial charge in [-0.1, -0.05) is 73.0 Å². The van der Waals surface area contributed by atoms with E-state index in [9.17, 15) is 19.5 Å². The smallest absolute Gasteiger partial charge is 0.339 e. The van der Waals surface area contributed by atoms with E-state index in [1.165, 1.54) is 5.56 Å². The summed E-state index contributed by atoms with van der Waals surface area (Å²) in [6, 6.07) is 24.2. The van der Waals surface area contributed by atoms with Crippen molar-refractivity contribution in [1.82, 2.24) is 0 Å². The Labute approximate surface area is 335 Å². The van der Waals surface area contributed by atoms with E-state index in [0.717, 1.165) is 55.2 Å². The molecule has 0 saturated heterocycles. The lowest BCUT2D eigenvalue weighted by Crippen LogP contribution is -2.58. The van der Waals surface area contributed by atoms with Gasteiger partial charge < -0.3 is 28.5 Å². The molecule has 1 fully saturated rings. The Hall–Kier alpha value is -4.73. The Morgan fingerprint density at radius 2 is 1.65 bits per heavy atom. The molecule has 2 bridgehead atoms. The first-order valence-electron chi connectivity index (χ1n) is 20.7. The van der Waals surface area contributed by atoms with Crippen LogP contribution in [0.1, 0.15) is 112 Å². The van der Waals surface area contributed by atoms with Crippen LogP contribution in [0.15, 0.2) is 93.2 Å². The fourth-order valence-electron chi connectivity index (χ4n) is 9.30. The topological polar surface area (TPSA) is 122 Å². The van der Waals surface area contributed by atoms with Crippen LogP contribution < -0.4 is 10.4 Å². The van der Waals surface area contributed by atoms with Gasteiger partial charge in [-0.05, 0) is 113 Å². The van der Waals surface area contributed by atoms with E-state index < -0.39 is 35.4 Å². The number of allylic oxidation sites excluding steroid dienone is 1. The molecule has 1 saturated carbocycles. The summed E-state index contributed by atoms with van der Waals surface area (Å²) in [5.41, 5.74) is 4.21. The molecule has 0 spiro atoms. The number of hydrogen-bond donors (Lipinski definition) is 1. The number of methoxy groups -OCH3 is 1. The third-order valence-electron chi connectivity index (χ3n) is 12.5. The second-order valence-electron chi connectivity index (χ2n) is 16.6. The number of aliphatic hydroxyl groups is 1. The standard InChI is InChI=1S/C48H56O9/c1-30(2)38-22-20-32-14-17-33(18-15-32)26-34(19-16-31-10-6-5-7-11-31)27-41(50)54-44-42-40(57-48(3,37-12-8-9-13-37)45(44)56-46(38)51)23-21-35-28-39(47(52)55-43(35)42)36(24-25-49)29-53-4/h5-7,10-11,14-15,17-18,21,23,28,34,36-37,44-45,49H,8-9,12-13,16,19-20,22,24-27,29H2,1-4H3/t34-,36-,44+,45+,48+/m1/s1. The van der Waals surface area contributed by atoms with Crippen molar-refractivity contribution >= 4 is 22.9 Å². The van der Waals surface area contributed by atoms with Crippen LogP contribution in [0.3, 0.4) is 0 Å². The summed E-state index contributed by atoms with van der Waals surface area (Å²) >= 11 is 0. The van der Waals surface area contributed by atoms with Crippen molar-refractivity contribution in [3.8, 4) is 5.75 Å². The van der Waals surface area contributed by atoms with Crippen molar-refractivity contribution in [1.29, 1.82) is 0 Å². The van der Waals surface area contributed by atoms with E-state index in [2.05, 4.69) is 36.4 Å². The predicted octanol–water partition coefficient (Wildman–Crippen LogP) is 8.91.